The Morgan fingerprint density at radius 1 is 1.16 bits per heavy atom. The van der Waals surface area contributed by atoms with Gasteiger partial charge in [0.2, 0.25) is 0 Å². The zero-order valence-corrected chi connectivity index (χ0v) is 16.6. The van der Waals surface area contributed by atoms with Crippen LogP contribution in [0.25, 0.3) is 0 Å². The van der Waals surface area contributed by atoms with Gasteiger partial charge in [0.25, 0.3) is 0 Å². The summed E-state index contributed by atoms with van der Waals surface area (Å²) in [5.74, 6) is 1.32. The summed E-state index contributed by atoms with van der Waals surface area (Å²) >= 11 is 0. The molecule has 0 aromatic heterocycles. The summed E-state index contributed by atoms with van der Waals surface area (Å²) in [5, 5.41) is 3.09. The monoisotopic (exact) mass is 455 g/mol. The first-order valence-electron chi connectivity index (χ1n) is 8.14. The summed E-state index contributed by atoms with van der Waals surface area (Å²) in [6.45, 7) is 3.98. The molecule has 3 rings (SSSR count). The maximum atomic E-state index is 13.0. The molecule has 134 valence electrons. The lowest BCUT2D eigenvalue weighted by molar-refractivity contribution is 0.242. The molecular formula is C19H23FIN3O. The van der Waals surface area contributed by atoms with Crippen molar-refractivity contribution in [3.05, 3.63) is 59.9 Å². The molecule has 0 saturated heterocycles. The van der Waals surface area contributed by atoms with E-state index in [0.29, 0.717) is 11.9 Å². The number of hydrogen-bond donors (Lipinski definition) is 2. The summed E-state index contributed by atoms with van der Waals surface area (Å²) in [4.78, 5) is 4.49. The second kappa shape index (κ2) is 8.51. The number of guanidine groups is 1. The van der Waals surface area contributed by atoms with Gasteiger partial charge in [-0.25, -0.2) is 9.38 Å². The molecule has 0 unspecified atom stereocenters. The molecule has 1 aliphatic rings. The summed E-state index contributed by atoms with van der Waals surface area (Å²) in [7, 11) is 0. The van der Waals surface area contributed by atoms with Gasteiger partial charge in [0.05, 0.1) is 12.1 Å². The molecule has 2 aromatic carbocycles. The zero-order chi connectivity index (χ0) is 17.1. The van der Waals surface area contributed by atoms with Gasteiger partial charge < -0.3 is 15.8 Å². The van der Waals surface area contributed by atoms with Gasteiger partial charge in [-0.05, 0) is 62.2 Å². The molecule has 1 aliphatic carbocycles. The van der Waals surface area contributed by atoms with Gasteiger partial charge in [0.15, 0.2) is 5.96 Å². The maximum absolute atomic E-state index is 13.0. The van der Waals surface area contributed by atoms with Crippen molar-refractivity contribution in [2.45, 2.75) is 38.3 Å². The minimum Gasteiger partial charge on any atom is -0.491 e. The molecule has 0 bridgehead atoms. The first-order chi connectivity index (χ1) is 11.5. The number of benzene rings is 2. The number of nitrogens with one attached hydrogen (secondary N) is 1. The highest BCUT2D eigenvalue weighted by atomic mass is 127. The molecule has 0 amide bonds. The van der Waals surface area contributed by atoms with Crippen LogP contribution in [0.2, 0.25) is 0 Å². The minimum absolute atomic E-state index is 0. The van der Waals surface area contributed by atoms with Crippen molar-refractivity contribution in [1.82, 2.24) is 0 Å². The lowest BCUT2D eigenvalue weighted by Gasteiger charge is -2.11. The molecule has 25 heavy (non-hydrogen) atoms. The number of rotatable bonds is 5. The normalized spacial score (nSPS) is 19.3. The highest BCUT2D eigenvalue weighted by molar-refractivity contribution is 14.0. The number of aliphatic imine (C=N–C) groups is 1. The number of nitrogens with zero attached hydrogens (tertiary/aromatic N) is 1. The summed E-state index contributed by atoms with van der Waals surface area (Å²) in [6.07, 6.45) is 1.09. The molecule has 2 aromatic rings. The van der Waals surface area contributed by atoms with Crippen LogP contribution >= 0.6 is 24.0 Å². The van der Waals surface area contributed by atoms with E-state index in [0.717, 1.165) is 23.4 Å². The van der Waals surface area contributed by atoms with Crippen LogP contribution in [-0.2, 0) is 0 Å². The van der Waals surface area contributed by atoms with Gasteiger partial charge in [0.1, 0.15) is 11.6 Å². The molecule has 1 fully saturated rings. The smallest absolute Gasteiger partial charge is 0.193 e. The Balaban J connectivity index is 0.00000225. The van der Waals surface area contributed by atoms with Crippen LogP contribution in [0.5, 0.6) is 5.75 Å². The summed E-state index contributed by atoms with van der Waals surface area (Å²) in [5.41, 5.74) is 7.95. The second-order valence-electron chi connectivity index (χ2n) is 6.29. The molecule has 4 nitrogen and oxygen atoms in total. The Labute approximate surface area is 164 Å². The Morgan fingerprint density at radius 2 is 1.80 bits per heavy atom. The van der Waals surface area contributed by atoms with E-state index in [1.807, 2.05) is 50.2 Å². The Bertz CT molecular complexity index is 716. The first-order valence-corrected chi connectivity index (χ1v) is 8.14. The van der Waals surface area contributed by atoms with E-state index in [1.54, 1.807) is 0 Å². The minimum atomic E-state index is -0.217. The van der Waals surface area contributed by atoms with Crippen molar-refractivity contribution < 1.29 is 9.13 Å². The summed E-state index contributed by atoms with van der Waals surface area (Å²) in [6, 6.07) is 14.4. The maximum Gasteiger partial charge on any atom is 0.193 e. The van der Waals surface area contributed by atoms with Gasteiger partial charge >= 0.3 is 0 Å². The van der Waals surface area contributed by atoms with E-state index in [1.165, 1.54) is 12.1 Å². The van der Waals surface area contributed by atoms with E-state index < -0.39 is 0 Å². The van der Waals surface area contributed by atoms with Gasteiger partial charge in [0, 0.05) is 11.6 Å². The molecule has 3 N–H and O–H groups in total. The van der Waals surface area contributed by atoms with Crippen LogP contribution in [0.15, 0.2) is 53.5 Å². The van der Waals surface area contributed by atoms with Crippen LogP contribution in [0.3, 0.4) is 0 Å². The molecule has 0 radical (unpaired) electrons. The number of hydrogen-bond acceptors (Lipinski definition) is 2. The van der Waals surface area contributed by atoms with Crippen LogP contribution in [0.4, 0.5) is 10.1 Å². The molecule has 0 aliphatic heterocycles. The van der Waals surface area contributed by atoms with Crippen molar-refractivity contribution in [3.8, 4) is 5.75 Å². The van der Waals surface area contributed by atoms with E-state index in [9.17, 15) is 4.39 Å². The van der Waals surface area contributed by atoms with Crippen LogP contribution in [-0.4, -0.2) is 18.1 Å². The van der Waals surface area contributed by atoms with E-state index in [2.05, 4.69) is 10.3 Å². The van der Waals surface area contributed by atoms with Crippen LogP contribution < -0.4 is 15.8 Å². The third-order valence-corrected chi connectivity index (χ3v) is 3.86. The molecule has 2 atom stereocenters. The molecule has 1 saturated carbocycles. The third kappa shape index (κ3) is 5.59. The highest BCUT2D eigenvalue weighted by Crippen LogP contribution is 2.43. The van der Waals surface area contributed by atoms with Crippen molar-refractivity contribution in [2.24, 2.45) is 10.7 Å². The fraction of sp³-hybridized carbons (Fsp3) is 0.316. The average molecular weight is 455 g/mol. The SMILES string of the molecule is CC(C)Oc1ccc(NC(N)=N[C@@H]2C[C@H]2c2ccc(F)cc2)cc1.I. The number of halogens is 2. The Hall–Kier alpha value is -1.83. The second-order valence-corrected chi connectivity index (χ2v) is 6.29. The van der Waals surface area contributed by atoms with Crippen molar-refractivity contribution in [1.29, 1.82) is 0 Å². The largest absolute Gasteiger partial charge is 0.491 e. The zero-order valence-electron chi connectivity index (χ0n) is 14.3. The topological polar surface area (TPSA) is 59.6 Å². The molecule has 0 heterocycles. The Morgan fingerprint density at radius 3 is 2.40 bits per heavy atom. The van der Waals surface area contributed by atoms with E-state index in [-0.39, 0.29) is 41.9 Å². The number of nitrogens with two attached hydrogens (primary N) is 1. The standard InChI is InChI=1S/C19H22FN3O.HI/c1-12(2)24-16-9-7-15(8-10-16)22-19(21)23-18-11-17(18)13-3-5-14(20)6-4-13;/h3-10,12,17-18H,11H2,1-2H3,(H3,21,22,23);1H/t17-,18+;/m0./s1. The van der Waals surface area contributed by atoms with Gasteiger partial charge in [-0.2, -0.15) is 0 Å². The predicted molar refractivity (Wildman–Crippen MR) is 110 cm³/mol. The summed E-state index contributed by atoms with van der Waals surface area (Å²) < 4.78 is 18.6. The number of ether oxygens (including phenoxy) is 1. The van der Waals surface area contributed by atoms with Gasteiger partial charge in [-0.15, -0.1) is 24.0 Å². The highest BCUT2D eigenvalue weighted by Gasteiger charge is 2.38. The lowest BCUT2D eigenvalue weighted by atomic mass is 10.1. The molecule has 0 spiro atoms. The number of anilines is 1. The third-order valence-electron chi connectivity index (χ3n) is 3.86. The van der Waals surface area contributed by atoms with Gasteiger partial charge in [-0.3, -0.25) is 0 Å². The van der Waals surface area contributed by atoms with Crippen molar-refractivity contribution >= 4 is 35.6 Å². The molecule has 6 heteroatoms. The lowest BCUT2D eigenvalue weighted by Crippen LogP contribution is -2.23. The Kier molecular flexibility index (Phi) is 6.64. The fourth-order valence-electron chi connectivity index (χ4n) is 2.64. The average Bonchev–Trinajstić information content (AvgIpc) is 3.28. The van der Waals surface area contributed by atoms with E-state index in [4.69, 9.17) is 10.5 Å². The van der Waals surface area contributed by atoms with Crippen LogP contribution in [0, 0.1) is 5.82 Å². The van der Waals surface area contributed by atoms with Crippen molar-refractivity contribution in [3.63, 3.8) is 0 Å². The molecular weight excluding hydrogens is 432 g/mol. The van der Waals surface area contributed by atoms with Crippen molar-refractivity contribution in [2.75, 3.05) is 5.32 Å². The first kappa shape index (κ1) is 19.5. The van der Waals surface area contributed by atoms with Gasteiger partial charge in [-0.1, -0.05) is 12.1 Å². The predicted octanol–water partition coefficient (Wildman–Crippen LogP) is 4.51. The quantitative estimate of drug-likeness (QED) is 0.396. The van der Waals surface area contributed by atoms with E-state index >= 15 is 0 Å². The fourth-order valence-corrected chi connectivity index (χ4v) is 2.64. The van der Waals surface area contributed by atoms with Crippen LogP contribution in [0.1, 0.15) is 31.7 Å².